The van der Waals surface area contributed by atoms with Crippen molar-refractivity contribution in [2.75, 3.05) is 27.3 Å². The summed E-state index contributed by atoms with van der Waals surface area (Å²) in [5.41, 5.74) is 2.57. The quantitative estimate of drug-likeness (QED) is 0.869. The zero-order chi connectivity index (χ0) is 12.8. The maximum Gasteiger partial charge on any atom is 0.124 e. The molecule has 1 unspecified atom stereocenters. The van der Waals surface area contributed by atoms with E-state index in [0.29, 0.717) is 6.61 Å². The highest BCUT2D eigenvalue weighted by Gasteiger charge is 2.16. The molecule has 0 saturated carbocycles. The first kappa shape index (κ1) is 13.4. The molecule has 2 rings (SSSR count). The zero-order valence-electron chi connectivity index (χ0n) is 11.4. The number of methoxy groups -OCH3 is 2. The van der Waals surface area contributed by atoms with Gasteiger partial charge in [-0.05, 0) is 49.9 Å². The molecule has 1 saturated heterocycles. The van der Waals surface area contributed by atoms with Crippen LogP contribution in [0.3, 0.4) is 0 Å². The van der Waals surface area contributed by atoms with Crippen LogP contribution in [0.4, 0.5) is 0 Å². The molecule has 0 aromatic heterocycles. The average Bonchev–Trinajstić information content (AvgIpc) is 2.42. The SMILES string of the molecule is COCc1c(CC2CCCNC2)cccc1OC. The Morgan fingerprint density at radius 2 is 2.22 bits per heavy atom. The van der Waals surface area contributed by atoms with Crippen molar-refractivity contribution >= 4 is 0 Å². The lowest BCUT2D eigenvalue weighted by atomic mass is 9.90. The Bertz CT molecular complexity index is 373. The van der Waals surface area contributed by atoms with Crippen LogP contribution in [0.15, 0.2) is 18.2 Å². The molecule has 1 aromatic rings. The lowest BCUT2D eigenvalue weighted by molar-refractivity contribution is 0.180. The van der Waals surface area contributed by atoms with Gasteiger partial charge in [-0.3, -0.25) is 0 Å². The van der Waals surface area contributed by atoms with E-state index in [9.17, 15) is 0 Å². The smallest absolute Gasteiger partial charge is 0.124 e. The van der Waals surface area contributed by atoms with Crippen molar-refractivity contribution in [3.05, 3.63) is 29.3 Å². The Morgan fingerprint density at radius 1 is 1.33 bits per heavy atom. The Hall–Kier alpha value is -1.06. The average molecular weight is 249 g/mol. The van der Waals surface area contributed by atoms with Crippen LogP contribution >= 0.6 is 0 Å². The molecule has 1 aromatic carbocycles. The molecule has 1 N–H and O–H groups in total. The van der Waals surface area contributed by atoms with Gasteiger partial charge >= 0.3 is 0 Å². The number of nitrogens with one attached hydrogen (secondary N) is 1. The summed E-state index contributed by atoms with van der Waals surface area (Å²) in [6, 6.07) is 6.28. The van der Waals surface area contributed by atoms with E-state index in [1.807, 2.05) is 6.07 Å². The van der Waals surface area contributed by atoms with E-state index in [2.05, 4.69) is 17.4 Å². The van der Waals surface area contributed by atoms with E-state index in [0.717, 1.165) is 24.6 Å². The Kier molecular flexibility index (Phi) is 5.02. The van der Waals surface area contributed by atoms with E-state index >= 15 is 0 Å². The fourth-order valence-electron chi connectivity index (χ4n) is 2.71. The van der Waals surface area contributed by atoms with Gasteiger partial charge in [-0.25, -0.2) is 0 Å². The van der Waals surface area contributed by atoms with Crippen LogP contribution in [0.1, 0.15) is 24.0 Å². The van der Waals surface area contributed by atoms with Gasteiger partial charge in [0.2, 0.25) is 0 Å². The molecule has 1 heterocycles. The molecule has 1 fully saturated rings. The molecule has 100 valence electrons. The van der Waals surface area contributed by atoms with Crippen LogP contribution < -0.4 is 10.1 Å². The lowest BCUT2D eigenvalue weighted by Crippen LogP contribution is -2.31. The molecule has 1 aliphatic heterocycles. The second-order valence-electron chi connectivity index (χ2n) is 4.95. The molecule has 3 nitrogen and oxygen atoms in total. The van der Waals surface area contributed by atoms with E-state index in [4.69, 9.17) is 9.47 Å². The van der Waals surface area contributed by atoms with Gasteiger partial charge in [-0.1, -0.05) is 12.1 Å². The fraction of sp³-hybridized carbons (Fsp3) is 0.600. The van der Waals surface area contributed by atoms with Gasteiger partial charge in [0.25, 0.3) is 0 Å². The maximum atomic E-state index is 5.43. The minimum Gasteiger partial charge on any atom is -0.496 e. The fourth-order valence-corrected chi connectivity index (χ4v) is 2.71. The number of rotatable bonds is 5. The number of hydrogen-bond acceptors (Lipinski definition) is 3. The van der Waals surface area contributed by atoms with Crippen molar-refractivity contribution < 1.29 is 9.47 Å². The maximum absolute atomic E-state index is 5.43. The van der Waals surface area contributed by atoms with Gasteiger partial charge in [0.05, 0.1) is 13.7 Å². The van der Waals surface area contributed by atoms with Crippen LogP contribution in [0.2, 0.25) is 0 Å². The van der Waals surface area contributed by atoms with Gasteiger partial charge in [0, 0.05) is 12.7 Å². The summed E-state index contributed by atoms with van der Waals surface area (Å²) < 4.78 is 10.7. The predicted octanol–water partition coefficient (Wildman–Crippen LogP) is 2.38. The first-order valence-corrected chi connectivity index (χ1v) is 6.69. The second kappa shape index (κ2) is 6.76. The van der Waals surface area contributed by atoms with Crippen molar-refractivity contribution in [1.82, 2.24) is 5.32 Å². The van der Waals surface area contributed by atoms with Gasteiger partial charge in [0.15, 0.2) is 0 Å². The molecule has 0 spiro atoms. The number of hydrogen-bond donors (Lipinski definition) is 1. The van der Waals surface area contributed by atoms with Crippen LogP contribution in [0.5, 0.6) is 5.75 Å². The third kappa shape index (κ3) is 3.24. The van der Waals surface area contributed by atoms with Crippen molar-refractivity contribution in [3.63, 3.8) is 0 Å². The van der Waals surface area contributed by atoms with Gasteiger partial charge in [0.1, 0.15) is 5.75 Å². The van der Waals surface area contributed by atoms with E-state index in [1.165, 1.54) is 30.5 Å². The lowest BCUT2D eigenvalue weighted by Gasteiger charge is -2.24. The van der Waals surface area contributed by atoms with E-state index in [-0.39, 0.29) is 0 Å². The summed E-state index contributed by atoms with van der Waals surface area (Å²) in [5.74, 6) is 1.68. The highest BCUT2D eigenvalue weighted by Crippen LogP contribution is 2.26. The topological polar surface area (TPSA) is 30.5 Å². The number of benzene rings is 1. The standard InChI is InChI=1S/C15H23NO2/c1-17-11-14-13(6-3-7-15(14)18-2)9-12-5-4-8-16-10-12/h3,6-7,12,16H,4-5,8-11H2,1-2H3. The second-order valence-corrected chi connectivity index (χ2v) is 4.95. The van der Waals surface area contributed by atoms with Crippen molar-refractivity contribution in [2.45, 2.75) is 25.9 Å². The Labute approximate surface area is 109 Å². The van der Waals surface area contributed by atoms with Crippen molar-refractivity contribution in [3.8, 4) is 5.75 Å². The molecular formula is C15H23NO2. The summed E-state index contributed by atoms with van der Waals surface area (Å²) in [7, 11) is 3.46. The molecule has 0 aliphatic carbocycles. The first-order chi connectivity index (χ1) is 8.85. The Balaban J connectivity index is 2.14. The minimum absolute atomic E-state index is 0.624. The number of ether oxygens (including phenoxy) is 2. The van der Waals surface area contributed by atoms with Gasteiger partial charge < -0.3 is 14.8 Å². The van der Waals surface area contributed by atoms with Crippen molar-refractivity contribution in [2.24, 2.45) is 5.92 Å². The molecule has 3 heteroatoms. The summed E-state index contributed by atoms with van der Waals surface area (Å²) in [5, 5.41) is 3.47. The normalized spacial score (nSPS) is 19.8. The predicted molar refractivity (Wildman–Crippen MR) is 73.0 cm³/mol. The van der Waals surface area contributed by atoms with E-state index in [1.54, 1.807) is 14.2 Å². The van der Waals surface area contributed by atoms with Crippen LogP contribution in [0, 0.1) is 5.92 Å². The largest absolute Gasteiger partial charge is 0.496 e. The molecule has 18 heavy (non-hydrogen) atoms. The Morgan fingerprint density at radius 3 is 2.89 bits per heavy atom. The molecular weight excluding hydrogens is 226 g/mol. The highest BCUT2D eigenvalue weighted by atomic mass is 16.5. The third-order valence-corrected chi connectivity index (χ3v) is 3.65. The number of piperidine rings is 1. The zero-order valence-corrected chi connectivity index (χ0v) is 11.4. The van der Waals surface area contributed by atoms with Gasteiger partial charge in [-0.2, -0.15) is 0 Å². The van der Waals surface area contributed by atoms with E-state index < -0.39 is 0 Å². The summed E-state index contributed by atoms with van der Waals surface area (Å²) >= 11 is 0. The highest BCUT2D eigenvalue weighted by molar-refractivity contribution is 5.40. The summed E-state index contributed by atoms with van der Waals surface area (Å²) in [4.78, 5) is 0. The summed E-state index contributed by atoms with van der Waals surface area (Å²) in [6.07, 6.45) is 3.72. The summed E-state index contributed by atoms with van der Waals surface area (Å²) in [6.45, 7) is 2.92. The molecule has 0 bridgehead atoms. The first-order valence-electron chi connectivity index (χ1n) is 6.69. The van der Waals surface area contributed by atoms with Crippen LogP contribution in [-0.2, 0) is 17.8 Å². The molecule has 0 amide bonds. The van der Waals surface area contributed by atoms with Gasteiger partial charge in [-0.15, -0.1) is 0 Å². The van der Waals surface area contributed by atoms with Crippen LogP contribution in [0.25, 0.3) is 0 Å². The molecule has 0 radical (unpaired) electrons. The molecule has 1 atom stereocenters. The molecule has 1 aliphatic rings. The monoisotopic (exact) mass is 249 g/mol. The third-order valence-electron chi connectivity index (χ3n) is 3.65. The minimum atomic E-state index is 0.624. The van der Waals surface area contributed by atoms with Crippen molar-refractivity contribution in [1.29, 1.82) is 0 Å². The van der Waals surface area contributed by atoms with Crippen LogP contribution in [-0.4, -0.2) is 27.3 Å².